The minimum absolute atomic E-state index is 0. The molecule has 2 aromatic rings. The summed E-state index contributed by atoms with van der Waals surface area (Å²) < 4.78 is 6.20. The first kappa shape index (κ1) is 22.3. The van der Waals surface area contributed by atoms with E-state index in [1.165, 1.54) is 5.56 Å². The van der Waals surface area contributed by atoms with Crippen molar-refractivity contribution in [3.05, 3.63) is 65.7 Å². The van der Waals surface area contributed by atoms with Crippen molar-refractivity contribution in [1.82, 2.24) is 4.90 Å². The third kappa shape index (κ3) is 7.25. The van der Waals surface area contributed by atoms with Gasteiger partial charge in [-0.05, 0) is 36.2 Å². The molecule has 0 bridgehead atoms. The molecule has 0 N–H and O–H groups in total. The van der Waals surface area contributed by atoms with Gasteiger partial charge in [-0.25, -0.2) is 0 Å². The fourth-order valence-corrected chi connectivity index (χ4v) is 2.69. The van der Waals surface area contributed by atoms with Gasteiger partial charge in [0.05, 0.1) is 5.97 Å². The molecular weight excluding hydrogens is 321 g/mol. The largest absolute Gasteiger partial charge is 1.00 e. The fraction of sp³-hybridized carbons (Fsp3) is 0.381. The molecule has 1 atom stereocenters. The van der Waals surface area contributed by atoms with Gasteiger partial charge in [-0.1, -0.05) is 56.3 Å². The first-order valence-corrected chi connectivity index (χ1v) is 8.65. The van der Waals surface area contributed by atoms with Crippen LogP contribution in [0.4, 0.5) is 0 Å². The number of rotatable bonds is 9. The Morgan fingerprint density at radius 3 is 2.19 bits per heavy atom. The summed E-state index contributed by atoms with van der Waals surface area (Å²) in [6.07, 6.45) is 0.565. The van der Waals surface area contributed by atoms with Crippen molar-refractivity contribution < 1.29 is 33.5 Å². The van der Waals surface area contributed by atoms with E-state index in [4.69, 9.17) is 4.74 Å². The Bertz CT molecular complexity index is 659. The molecule has 2 aromatic carbocycles. The number of carboxylic acid groups (broad SMARTS) is 1. The van der Waals surface area contributed by atoms with E-state index in [9.17, 15) is 9.90 Å². The Morgan fingerprint density at radius 2 is 1.65 bits per heavy atom. The van der Waals surface area contributed by atoms with Crippen molar-refractivity contribution in [3.8, 4) is 5.75 Å². The molecule has 0 heterocycles. The van der Waals surface area contributed by atoms with Crippen LogP contribution >= 0.6 is 0 Å². The first-order chi connectivity index (χ1) is 12.0. The molecule has 0 aliphatic heterocycles. The number of carbonyl (C=O) groups excluding carboxylic acids is 1. The number of ether oxygens (including phenoxy) is 1. The van der Waals surface area contributed by atoms with E-state index in [0.29, 0.717) is 18.9 Å². The predicted molar refractivity (Wildman–Crippen MR) is 97.5 cm³/mol. The van der Waals surface area contributed by atoms with Crippen LogP contribution in [0.25, 0.3) is 0 Å². The first-order valence-electron chi connectivity index (χ1n) is 8.65. The van der Waals surface area contributed by atoms with Crippen LogP contribution in [-0.4, -0.2) is 31.0 Å². The van der Waals surface area contributed by atoms with Crippen LogP contribution in [0.2, 0.25) is 0 Å². The molecule has 5 heteroatoms. The summed E-state index contributed by atoms with van der Waals surface area (Å²) >= 11 is 0. The van der Waals surface area contributed by atoms with Gasteiger partial charge in [0.15, 0.2) is 0 Å². The SMILES string of the molecule is CC(C)c1ccc(O[C@H](CCN(C)CC(=O)[O-])c2ccccc2)cc1.[Li+]. The monoisotopic (exact) mass is 347 g/mol. The topological polar surface area (TPSA) is 52.6 Å². The summed E-state index contributed by atoms with van der Waals surface area (Å²) in [4.78, 5) is 12.5. The molecule has 0 fully saturated rings. The minimum atomic E-state index is -1.07. The molecular formula is C21H26LiNO3. The van der Waals surface area contributed by atoms with Crippen LogP contribution in [0.15, 0.2) is 54.6 Å². The molecule has 0 radical (unpaired) electrons. The van der Waals surface area contributed by atoms with Crippen molar-refractivity contribution in [3.63, 3.8) is 0 Å². The number of aliphatic carboxylic acids is 1. The van der Waals surface area contributed by atoms with Crippen LogP contribution < -0.4 is 28.7 Å². The summed E-state index contributed by atoms with van der Waals surface area (Å²) in [5.74, 6) is 0.238. The number of likely N-dealkylation sites (N-methyl/N-ethyl adjacent to an activating group) is 1. The maximum atomic E-state index is 10.7. The number of carbonyl (C=O) groups is 1. The van der Waals surface area contributed by atoms with E-state index in [0.717, 1.165) is 11.3 Å². The van der Waals surface area contributed by atoms with E-state index in [2.05, 4.69) is 26.0 Å². The number of nitrogens with zero attached hydrogens (tertiary/aromatic N) is 1. The van der Waals surface area contributed by atoms with E-state index in [-0.39, 0.29) is 31.5 Å². The van der Waals surface area contributed by atoms with Gasteiger partial charge in [-0.15, -0.1) is 0 Å². The Morgan fingerprint density at radius 1 is 1.04 bits per heavy atom. The smallest absolute Gasteiger partial charge is 0.549 e. The van der Waals surface area contributed by atoms with Gasteiger partial charge in [0.25, 0.3) is 0 Å². The molecule has 26 heavy (non-hydrogen) atoms. The molecule has 0 aliphatic rings. The summed E-state index contributed by atoms with van der Waals surface area (Å²) in [5, 5.41) is 10.7. The predicted octanol–water partition coefficient (Wildman–Crippen LogP) is 0.00590. The van der Waals surface area contributed by atoms with Crippen molar-refractivity contribution in [2.45, 2.75) is 32.3 Å². The summed E-state index contributed by atoms with van der Waals surface area (Å²) in [6, 6.07) is 18.2. The number of benzene rings is 2. The number of hydrogen-bond donors (Lipinski definition) is 0. The van der Waals surface area contributed by atoms with Crippen molar-refractivity contribution in [1.29, 1.82) is 0 Å². The minimum Gasteiger partial charge on any atom is -0.549 e. The second kappa shape index (κ2) is 11.1. The zero-order valence-electron chi connectivity index (χ0n) is 16.1. The molecule has 0 amide bonds. The molecule has 2 rings (SSSR count). The van der Waals surface area contributed by atoms with E-state index in [1.54, 1.807) is 11.9 Å². The van der Waals surface area contributed by atoms with E-state index in [1.807, 2.05) is 42.5 Å². The van der Waals surface area contributed by atoms with Gasteiger partial charge in [0.1, 0.15) is 11.9 Å². The fourth-order valence-electron chi connectivity index (χ4n) is 2.69. The zero-order chi connectivity index (χ0) is 18.2. The Labute approximate surface area is 168 Å². The number of carboxylic acids is 1. The molecule has 0 spiro atoms. The molecule has 0 unspecified atom stereocenters. The van der Waals surface area contributed by atoms with Gasteiger partial charge in [-0.3, -0.25) is 0 Å². The van der Waals surface area contributed by atoms with Crippen molar-refractivity contribution in [2.75, 3.05) is 20.1 Å². The van der Waals surface area contributed by atoms with Crippen LogP contribution in [0, 0.1) is 0 Å². The Balaban J connectivity index is 0.00000338. The van der Waals surface area contributed by atoms with Crippen LogP contribution in [0.1, 0.15) is 43.4 Å². The maximum Gasteiger partial charge on any atom is 1.00 e. The van der Waals surface area contributed by atoms with Crippen molar-refractivity contribution in [2.24, 2.45) is 0 Å². The summed E-state index contributed by atoms with van der Waals surface area (Å²) in [7, 11) is 1.77. The van der Waals surface area contributed by atoms with Gasteiger partial charge in [0.2, 0.25) is 0 Å². The van der Waals surface area contributed by atoms with E-state index < -0.39 is 5.97 Å². The Hall–Kier alpha value is -1.73. The normalized spacial score (nSPS) is 11.9. The molecule has 0 saturated carbocycles. The van der Waals surface area contributed by atoms with Crippen LogP contribution in [0.5, 0.6) is 5.75 Å². The maximum absolute atomic E-state index is 10.7. The third-order valence-corrected chi connectivity index (χ3v) is 4.17. The molecule has 0 saturated heterocycles. The third-order valence-electron chi connectivity index (χ3n) is 4.17. The average Bonchev–Trinajstić information content (AvgIpc) is 2.59. The van der Waals surface area contributed by atoms with Gasteiger partial charge in [-0.2, -0.15) is 0 Å². The summed E-state index contributed by atoms with van der Waals surface area (Å²) in [6.45, 7) is 4.85. The Kier molecular flexibility index (Phi) is 9.51. The van der Waals surface area contributed by atoms with Crippen LogP contribution in [0.3, 0.4) is 0 Å². The second-order valence-corrected chi connectivity index (χ2v) is 6.64. The standard InChI is InChI=1S/C21H27NO3.Li/c1-16(2)17-9-11-19(12-10-17)25-20(18-7-5-4-6-8-18)13-14-22(3)15-21(23)24;/h4-12,16,20H,13-15H2,1-3H3,(H,23,24);/q;+1/p-1/t20-;/m1./s1. The van der Waals surface area contributed by atoms with Crippen molar-refractivity contribution >= 4 is 5.97 Å². The molecule has 4 nitrogen and oxygen atoms in total. The zero-order valence-corrected chi connectivity index (χ0v) is 16.1. The second-order valence-electron chi connectivity index (χ2n) is 6.64. The van der Waals surface area contributed by atoms with Gasteiger partial charge < -0.3 is 19.5 Å². The molecule has 134 valence electrons. The number of hydrogen-bond acceptors (Lipinski definition) is 4. The van der Waals surface area contributed by atoms with E-state index >= 15 is 0 Å². The van der Waals surface area contributed by atoms with Gasteiger partial charge >= 0.3 is 18.9 Å². The van der Waals surface area contributed by atoms with Crippen LogP contribution in [-0.2, 0) is 4.79 Å². The summed E-state index contributed by atoms with van der Waals surface area (Å²) in [5.41, 5.74) is 2.36. The molecule has 0 aliphatic carbocycles. The van der Waals surface area contributed by atoms with Gasteiger partial charge in [0, 0.05) is 19.5 Å². The quantitative estimate of drug-likeness (QED) is 0.600. The average molecular weight is 347 g/mol. The molecule has 0 aromatic heterocycles.